The Hall–Kier alpha value is -2.19. The molecule has 0 spiro atoms. The van der Waals surface area contributed by atoms with Crippen LogP contribution in [0.1, 0.15) is 50.8 Å². The third kappa shape index (κ3) is 7.79. The molecule has 1 aromatic carbocycles. The van der Waals surface area contributed by atoms with E-state index in [4.69, 9.17) is 9.84 Å². The number of nitrogens with one attached hydrogen (secondary N) is 1. The van der Waals surface area contributed by atoms with Crippen molar-refractivity contribution in [2.24, 2.45) is 0 Å². The molecule has 0 saturated carbocycles. The standard InChI is InChI=1S/C18H26FNO6/c1-18(2,3)26-17(25)20-9-8-14(21)16(24)12-5-4-11(13(19)10-12)6-7-15(22)23/h4-5,10,14,16,21,24H,6-9H2,1-3H3,(H,20,25)(H,22,23). The minimum Gasteiger partial charge on any atom is -0.481 e. The van der Waals surface area contributed by atoms with Crippen molar-refractivity contribution in [3.63, 3.8) is 0 Å². The maximum Gasteiger partial charge on any atom is 0.407 e. The fourth-order valence-electron chi connectivity index (χ4n) is 2.21. The number of carboxylic acids is 1. The Bertz CT molecular complexity index is 629. The lowest BCUT2D eigenvalue weighted by Gasteiger charge is -2.21. The summed E-state index contributed by atoms with van der Waals surface area (Å²) in [5.41, 5.74) is -0.238. The van der Waals surface area contributed by atoms with Gasteiger partial charge in [0.15, 0.2) is 0 Å². The first kappa shape index (κ1) is 21.9. The molecule has 2 atom stereocenters. The monoisotopic (exact) mass is 371 g/mol. The second-order valence-corrected chi connectivity index (χ2v) is 6.97. The molecule has 2 unspecified atom stereocenters. The quantitative estimate of drug-likeness (QED) is 0.556. The molecule has 0 bridgehead atoms. The number of aliphatic hydroxyl groups is 2. The van der Waals surface area contributed by atoms with Crippen molar-refractivity contribution >= 4 is 12.1 Å². The largest absolute Gasteiger partial charge is 0.481 e. The minimum atomic E-state index is -1.33. The van der Waals surface area contributed by atoms with Crippen molar-refractivity contribution in [3.05, 3.63) is 35.1 Å². The lowest BCUT2D eigenvalue weighted by atomic mass is 9.99. The van der Waals surface area contributed by atoms with E-state index in [0.717, 1.165) is 6.07 Å². The molecule has 7 nitrogen and oxygen atoms in total. The summed E-state index contributed by atoms with van der Waals surface area (Å²) in [5.74, 6) is -1.66. The molecule has 0 aromatic heterocycles. The van der Waals surface area contributed by atoms with Crippen molar-refractivity contribution < 1.29 is 34.0 Å². The van der Waals surface area contributed by atoms with Crippen LogP contribution in [0.15, 0.2) is 18.2 Å². The van der Waals surface area contributed by atoms with E-state index in [1.807, 2.05) is 0 Å². The van der Waals surface area contributed by atoms with Crippen molar-refractivity contribution in [2.45, 2.75) is 57.8 Å². The highest BCUT2D eigenvalue weighted by atomic mass is 19.1. The van der Waals surface area contributed by atoms with Gasteiger partial charge in [0.25, 0.3) is 0 Å². The number of aliphatic carboxylic acids is 1. The van der Waals surface area contributed by atoms with Gasteiger partial charge in [0, 0.05) is 13.0 Å². The van der Waals surface area contributed by atoms with Crippen molar-refractivity contribution in [1.82, 2.24) is 5.32 Å². The van der Waals surface area contributed by atoms with Crippen LogP contribution in [0.4, 0.5) is 9.18 Å². The van der Waals surface area contributed by atoms with Gasteiger partial charge in [-0.05, 0) is 50.8 Å². The molecule has 26 heavy (non-hydrogen) atoms. The van der Waals surface area contributed by atoms with Crippen molar-refractivity contribution in [2.75, 3.05) is 6.54 Å². The first-order valence-corrected chi connectivity index (χ1v) is 8.32. The Kier molecular flexibility index (Phi) is 7.98. The fourth-order valence-corrected chi connectivity index (χ4v) is 2.21. The van der Waals surface area contributed by atoms with Crippen LogP contribution in [0.25, 0.3) is 0 Å². The number of aliphatic hydroxyl groups excluding tert-OH is 2. The Labute approximate surface area is 151 Å². The number of carboxylic acid groups (broad SMARTS) is 1. The number of alkyl carbamates (subject to hydrolysis) is 1. The highest BCUT2D eigenvalue weighted by molar-refractivity contribution is 5.67. The number of carbonyl (C=O) groups excluding carboxylic acids is 1. The van der Waals surface area contributed by atoms with Crippen LogP contribution in [0, 0.1) is 5.82 Å². The van der Waals surface area contributed by atoms with Gasteiger partial charge in [-0.2, -0.15) is 0 Å². The van der Waals surface area contributed by atoms with Gasteiger partial charge >= 0.3 is 12.1 Å². The topological polar surface area (TPSA) is 116 Å². The number of hydrogen-bond acceptors (Lipinski definition) is 5. The lowest BCUT2D eigenvalue weighted by molar-refractivity contribution is -0.136. The van der Waals surface area contributed by atoms with Crippen LogP contribution in [0.2, 0.25) is 0 Å². The number of carbonyl (C=O) groups is 2. The SMILES string of the molecule is CC(C)(C)OC(=O)NCCC(O)C(O)c1ccc(CCC(=O)O)c(F)c1. The molecule has 0 saturated heterocycles. The number of amides is 1. The van der Waals surface area contributed by atoms with Gasteiger partial charge in [-0.25, -0.2) is 9.18 Å². The molecular formula is C18H26FNO6. The molecule has 146 valence electrons. The van der Waals surface area contributed by atoms with Gasteiger partial charge in [0.2, 0.25) is 0 Å². The van der Waals surface area contributed by atoms with Crippen LogP contribution < -0.4 is 5.32 Å². The zero-order valence-electron chi connectivity index (χ0n) is 15.2. The summed E-state index contributed by atoms with van der Waals surface area (Å²) >= 11 is 0. The smallest absolute Gasteiger partial charge is 0.407 e. The first-order valence-electron chi connectivity index (χ1n) is 8.32. The van der Waals surface area contributed by atoms with Crippen LogP contribution in [-0.2, 0) is 16.0 Å². The van der Waals surface area contributed by atoms with E-state index in [9.17, 15) is 24.2 Å². The molecule has 1 aromatic rings. The normalized spacial score (nSPS) is 13.8. The Morgan fingerprint density at radius 3 is 2.46 bits per heavy atom. The summed E-state index contributed by atoms with van der Waals surface area (Å²) in [7, 11) is 0. The predicted molar refractivity (Wildman–Crippen MR) is 92.2 cm³/mol. The zero-order chi connectivity index (χ0) is 19.9. The summed E-state index contributed by atoms with van der Waals surface area (Å²) in [6.45, 7) is 5.24. The average Bonchev–Trinajstić information content (AvgIpc) is 2.50. The Morgan fingerprint density at radius 1 is 1.27 bits per heavy atom. The van der Waals surface area contributed by atoms with Gasteiger partial charge < -0.3 is 25.4 Å². The van der Waals surface area contributed by atoms with Crippen LogP contribution in [0.5, 0.6) is 0 Å². The number of aryl methyl sites for hydroxylation is 1. The van der Waals surface area contributed by atoms with Gasteiger partial charge in [0.05, 0.1) is 6.10 Å². The van der Waals surface area contributed by atoms with E-state index in [1.54, 1.807) is 20.8 Å². The van der Waals surface area contributed by atoms with E-state index in [0.29, 0.717) is 0 Å². The second kappa shape index (κ2) is 9.49. The Balaban J connectivity index is 2.54. The molecular weight excluding hydrogens is 345 g/mol. The van der Waals surface area contributed by atoms with E-state index in [2.05, 4.69) is 5.32 Å². The van der Waals surface area contributed by atoms with Crippen molar-refractivity contribution in [3.8, 4) is 0 Å². The Morgan fingerprint density at radius 2 is 1.92 bits per heavy atom. The molecule has 4 N–H and O–H groups in total. The fraction of sp³-hybridized carbons (Fsp3) is 0.556. The van der Waals surface area contributed by atoms with Crippen LogP contribution >= 0.6 is 0 Å². The van der Waals surface area contributed by atoms with Gasteiger partial charge in [-0.1, -0.05) is 12.1 Å². The van der Waals surface area contributed by atoms with Crippen LogP contribution in [-0.4, -0.2) is 45.6 Å². The molecule has 8 heteroatoms. The van der Waals surface area contributed by atoms with E-state index in [-0.39, 0.29) is 36.9 Å². The maximum atomic E-state index is 14.0. The summed E-state index contributed by atoms with van der Waals surface area (Å²) < 4.78 is 19.0. The van der Waals surface area contributed by atoms with Crippen molar-refractivity contribution in [1.29, 1.82) is 0 Å². The highest BCUT2D eigenvalue weighted by Crippen LogP contribution is 2.22. The van der Waals surface area contributed by atoms with Gasteiger partial charge in [-0.15, -0.1) is 0 Å². The van der Waals surface area contributed by atoms with E-state index in [1.165, 1.54) is 12.1 Å². The van der Waals surface area contributed by atoms with Crippen LogP contribution in [0.3, 0.4) is 0 Å². The molecule has 1 rings (SSSR count). The lowest BCUT2D eigenvalue weighted by Crippen LogP contribution is -2.34. The highest BCUT2D eigenvalue weighted by Gasteiger charge is 2.21. The van der Waals surface area contributed by atoms with Gasteiger partial charge in [-0.3, -0.25) is 4.79 Å². The molecule has 0 radical (unpaired) electrons. The number of benzene rings is 1. The molecule has 1 amide bonds. The average molecular weight is 371 g/mol. The van der Waals surface area contributed by atoms with E-state index < -0.39 is 35.7 Å². The number of rotatable bonds is 8. The summed E-state index contributed by atoms with van der Waals surface area (Å²) in [5, 5.41) is 31.2. The van der Waals surface area contributed by atoms with Gasteiger partial charge in [0.1, 0.15) is 17.5 Å². The predicted octanol–water partition coefficient (Wildman–Crippen LogP) is 2.15. The third-order valence-corrected chi connectivity index (χ3v) is 3.50. The first-order chi connectivity index (χ1) is 12.0. The number of halogens is 1. The molecule has 0 aliphatic heterocycles. The number of hydrogen-bond donors (Lipinski definition) is 4. The third-order valence-electron chi connectivity index (χ3n) is 3.50. The number of ether oxygens (including phenoxy) is 1. The zero-order valence-corrected chi connectivity index (χ0v) is 15.2. The molecule has 0 aliphatic carbocycles. The van der Waals surface area contributed by atoms with E-state index >= 15 is 0 Å². The summed E-state index contributed by atoms with van der Waals surface area (Å²) in [6.07, 6.45) is -3.29. The minimum absolute atomic E-state index is 0.0416. The molecule has 0 aliphatic rings. The summed E-state index contributed by atoms with van der Waals surface area (Å²) in [4.78, 5) is 22.0. The second-order valence-electron chi connectivity index (χ2n) is 6.97. The maximum absolute atomic E-state index is 14.0. The molecule has 0 fully saturated rings. The summed E-state index contributed by atoms with van der Waals surface area (Å²) in [6, 6.07) is 3.91. The molecule has 0 heterocycles.